The summed E-state index contributed by atoms with van der Waals surface area (Å²) in [6, 6.07) is 21.1. The van der Waals surface area contributed by atoms with E-state index < -0.39 is 0 Å². The molecule has 116 valence electrons. The third-order valence-electron chi connectivity index (χ3n) is 3.81. The molecule has 0 unspecified atom stereocenters. The van der Waals surface area contributed by atoms with Crippen LogP contribution in [0.1, 0.15) is 22.6 Å². The molecule has 3 aromatic carbocycles. The third kappa shape index (κ3) is 3.44. The van der Waals surface area contributed by atoms with Crippen molar-refractivity contribution in [1.29, 1.82) is 0 Å². The quantitative estimate of drug-likeness (QED) is 0.498. The van der Waals surface area contributed by atoms with Gasteiger partial charge in [0.05, 0.1) is 0 Å². The van der Waals surface area contributed by atoms with Crippen molar-refractivity contribution in [3.8, 4) is 0 Å². The maximum atomic E-state index is 6.45. The van der Waals surface area contributed by atoms with E-state index in [1.807, 2.05) is 60.7 Å². The van der Waals surface area contributed by atoms with Crippen LogP contribution in [0.25, 0.3) is 0 Å². The lowest BCUT2D eigenvalue weighted by atomic mass is 9.85. The van der Waals surface area contributed by atoms with Gasteiger partial charge in [-0.25, -0.2) is 0 Å². The summed E-state index contributed by atoms with van der Waals surface area (Å²) in [5.74, 6) is -0.0394. The first-order chi connectivity index (χ1) is 11.0. The van der Waals surface area contributed by atoms with Crippen LogP contribution in [0.5, 0.6) is 0 Å². The fourth-order valence-electron chi connectivity index (χ4n) is 2.66. The molecule has 0 saturated heterocycles. The summed E-state index contributed by atoms with van der Waals surface area (Å²) in [5.41, 5.74) is 16.2. The number of nitrogens with two attached hydrogens (primary N) is 2. The smallest absolute Gasteiger partial charge is 0.0448 e. The normalized spacial score (nSPS) is 10.9. The molecular formula is C19H16Cl2N2. The second-order valence-corrected chi connectivity index (χ2v) is 6.28. The van der Waals surface area contributed by atoms with E-state index in [4.69, 9.17) is 34.7 Å². The van der Waals surface area contributed by atoms with E-state index in [1.165, 1.54) is 0 Å². The average molecular weight is 343 g/mol. The molecule has 0 aliphatic heterocycles. The first-order valence-electron chi connectivity index (χ1n) is 7.20. The van der Waals surface area contributed by atoms with Crippen molar-refractivity contribution in [3.63, 3.8) is 0 Å². The van der Waals surface area contributed by atoms with E-state index in [0.717, 1.165) is 28.1 Å². The van der Waals surface area contributed by atoms with Gasteiger partial charge in [0, 0.05) is 27.3 Å². The molecule has 0 atom stereocenters. The number of hydrogen-bond donors (Lipinski definition) is 2. The summed E-state index contributed by atoms with van der Waals surface area (Å²) < 4.78 is 0. The molecule has 23 heavy (non-hydrogen) atoms. The Bertz CT molecular complexity index is 766. The molecule has 0 bridgehead atoms. The number of anilines is 2. The Hall–Kier alpha value is -2.16. The molecule has 0 heterocycles. The Morgan fingerprint density at radius 2 is 1.13 bits per heavy atom. The second-order valence-electron chi connectivity index (χ2n) is 5.43. The van der Waals surface area contributed by atoms with E-state index >= 15 is 0 Å². The van der Waals surface area contributed by atoms with Crippen LogP contribution in [0, 0.1) is 0 Å². The Labute approximate surface area is 145 Å². The Kier molecular flexibility index (Phi) is 4.46. The first-order valence-corrected chi connectivity index (χ1v) is 7.96. The highest BCUT2D eigenvalue weighted by atomic mass is 35.5. The van der Waals surface area contributed by atoms with E-state index in [2.05, 4.69) is 0 Å². The van der Waals surface area contributed by atoms with E-state index in [9.17, 15) is 0 Å². The zero-order chi connectivity index (χ0) is 16.4. The number of halogens is 2. The summed E-state index contributed by atoms with van der Waals surface area (Å²) in [6.07, 6.45) is 0. The van der Waals surface area contributed by atoms with Gasteiger partial charge in [0.15, 0.2) is 0 Å². The van der Waals surface area contributed by atoms with Gasteiger partial charge in [-0.3, -0.25) is 0 Å². The number of rotatable bonds is 3. The lowest BCUT2D eigenvalue weighted by Crippen LogP contribution is -2.05. The number of hydrogen-bond acceptors (Lipinski definition) is 2. The molecule has 3 aromatic rings. The van der Waals surface area contributed by atoms with Crippen LogP contribution in [0.2, 0.25) is 10.0 Å². The van der Waals surface area contributed by atoms with Gasteiger partial charge in [0.1, 0.15) is 0 Å². The minimum Gasteiger partial charge on any atom is -0.399 e. The Balaban J connectivity index is 2.18. The van der Waals surface area contributed by atoms with Gasteiger partial charge in [0.25, 0.3) is 0 Å². The minimum absolute atomic E-state index is 0.0394. The van der Waals surface area contributed by atoms with E-state index in [0.29, 0.717) is 10.0 Å². The maximum absolute atomic E-state index is 6.45. The van der Waals surface area contributed by atoms with Crippen molar-refractivity contribution < 1.29 is 0 Å². The molecule has 4 N–H and O–H groups in total. The molecule has 3 rings (SSSR count). The molecule has 0 amide bonds. The Morgan fingerprint density at radius 1 is 0.652 bits per heavy atom. The van der Waals surface area contributed by atoms with Crippen LogP contribution in [-0.2, 0) is 0 Å². The standard InChI is InChI=1S/C19H16Cl2N2/c20-14-5-10-18(21)17(11-14)19(12-1-6-15(22)7-2-12)13-3-8-16(23)9-4-13/h1-11,19H,22-23H2. The van der Waals surface area contributed by atoms with Gasteiger partial charge in [-0.1, -0.05) is 47.5 Å². The molecule has 0 aromatic heterocycles. The van der Waals surface area contributed by atoms with Crippen LogP contribution in [0.3, 0.4) is 0 Å². The van der Waals surface area contributed by atoms with Gasteiger partial charge in [-0.2, -0.15) is 0 Å². The van der Waals surface area contributed by atoms with Crippen molar-refractivity contribution >= 4 is 34.6 Å². The first kappa shape index (κ1) is 15.7. The van der Waals surface area contributed by atoms with Crippen molar-refractivity contribution in [1.82, 2.24) is 0 Å². The zero-order valence-electron chi connectivity index (χ0n) is 12.3. The predicted molar refractivity (Wildman–Crippen MR) is 99.1 cm³/mol. The predicted octanol–water partition coefficient (Wildman–Crippen LogP) is 5.34. The number of nitrogen functional groups attached to an aromatic ring is 2. The lowest BCUT2D eigenvalue weighted by Gasteiger charge is -2.20. The third-order valence-corrected chi connectivity index (χ3v) is 4.39. The van der Waals surface area contributed by atoms with Gasteiger partial charge in [-0.15, -0.1) is 0 Å². The molecule has 0 spiro atoms. The van der Waals surface area contributed by atoms with Crippen LogP contribution in [0.15, 0.2) is 66.7 Å². The molecule has 0 saturated carbocycles. The SMILES string of the molecule is Nc1ccc(C(c2ccc(N)cc2)c2cc(Cl)ccc2Cl)cc1. The Morgan fingerprint density at radius 3 is 1.61 bits per heavy atom. The fraction of sp³-hybridized carbons (Fsp3) is 0.0526. The molecule has 0 aliphatic rings. The van der Waals surface area contributed by atoms with Crippen molar-refractivity contribution in [2.24, 2.45) is 0 Å². The molecule has 2 nitrogen and oxygen atoms in total. The summed E-state index contributed by atoms with van der Waals surface area (Å²) >= 11 is 12.6. The molecule has 4 heteroatoms. The molecule has 0 fully saturated rings. The van der Waals surface area contributed by atoms with Crippen LogP contribution in [0.4, 0.5) is 11.4 Å². The van der Waals surface area contributed by atoms with Crippen molar-refractivity contribution in [2.45, 2.75) is 5.92 Å². The highest BCUT2D eigenvalue weighted by Gasteiger charge is 2.19. The summed E-state index contributed by atoms with van der Waals surface area (Å²) in [4.78, 5) is 0. The van der Waals surface area contributed by atoms with Gasteiger partial charge in [-0.05, 0) is 59.2 Å². The lowest BCUT2D eigenvalue weighted by molar-refractivity contribution is 0.978. The largest absolute Gasteiger partial charge is 0.399 e. The van der Waals surface area contributed by atoms with E-state index in [1.54, 1.807) is 6.07 Å². The molecule has 0 aliphatic carbocycles. The van der Waals surface area contributed by atoms with Gasteiger partial charge < -0.3 is 11.5 Å². The van der Waals surface area contributed by atoms with Crippen molar-refractivity contribution in [2.75, 3.05) is 11.5 Å². The van der Waals surface area contributed by atoms with E-state index in [-0.39, 0.29) is 5.92 Å². The van der Waals surface area contributed by atoms with Crippen LogP contribution in [-0.4, -0.2) is 0 Å². The highest BCUT2D eigenvalue weighted by Crippen LogP contribution is 2.37. The zero-order valence-corrected chi connectivity index (χ0v) is 13.9. The molecule has 0 radical (unpaired) electrons. The minimum atomic E-state index is -0.0394. The second kappa shape index (κ2) is 6.53. The van der Waals surface area contributed by atoms with Crippen molar-refractivity contribution in [3.05, 3.63) is 93.5 Å². The van der Waals surface area contributed by atoms with Gasteiger partial charge >= 0.3 is 0 Å². The summed E-state index contributed by atoms with van der Waals surface area (Å²) in [5, 5.41) is 1.33. The molecular weight excluding hydrogens is 327 g/mol. The van der Waals surface area contributed by atoms with Gasteiger partial charge in [0.2, 0.25) is 0 Å². The highest BCUT2D eigenvalue weighted by molar-refractivity contribution is 6.33. The summed E-state index contributed by atoms with van der Waals surface area (Å²) in [7, 11) is 0. The fourth-order valence-corrected chi connectivity index (χ4v) is 3.07. The van der Waals surface area contributed by atoms with Crippen LogP contribution < -0.4 is 11.5 Å². The van der Waals surface area contributed by atoms with Crippen LogP contribution >= 0.6 is 23.2 Å². The maximum Gasteiger partial charge on any atom is 0.0448 e. The monoisotopic (exact) mass is 342 g/mol. The average Bonchev–Trinajstić information content (AvgIpc) is 2.54. The topological polar surface area (TPSA) is 52.0 Å². The number of benzene rings is 3. The summed E-state index contributed by atoms with van der Waals surface area (Å²) in [6.45, 7) is 0.